The molecule has 1 heterocycles. The molecule has 0 aliphatic rings. The van der Waals surface area contributed by atoms with E-state index in [1.165, 1.54) is 6.07 Å². The van der Waals surface area contributed by atoms with Crippen molar-refractivity contribution in [2.24, 2.45) is 0 Å². The first-order chi connectivity index (χ1) is 7.27. The van der Waals surface area contributed by atoms with Crippen LogP contribution in [0.2, 0.25) is 0 Å². The van der Waals surface area contributed by atoms with Gasteiger partial charge in [0.2, 0.25) is 0 Å². The fourth-order valence-corrected chi connectivity index (χ4v) is 1.90. The van der Waals surface area contributed by atoms with Crippen LogP contribution in [0.4, 0.5) is 14.5 Å². The Labute approximate surface area is 93.9 Å². The second-order valence-electron chi connectivity index (χ2n) is 2.67. The molecular formula is C7H4ClF2N3O2S. The van der Waals surface area contributed by atoms with Crippen LogP contribution in [0.3, 0.4) is 0 Å². The lowest BCUT2D eigenvalue weighted by Crippen LogP contribution is -2.07. The summed E-state index contributed by atoms with van der Waals surface area (Å²) in [5.74, 6) is 0. The van der Waals surface area contributed by atoms with E-state index in [4.69, 9.17) is 21.7 Å². The highest BCUT2D eigenvalue weighted by Gasteiger charge is 2.23. The topological polar surface area (TPSA) is 96.8 Å². The Balaban J connectivity index is 3.60. The number of halogens is 3. The van der Waals surface area contributed by atoms with E-state index >= 15 is 0 Å². The minimum absolute atomic E-state index is 0.448. The predicted octanol–water partition coefficient (Wildman–Crippen LogP) is 1.40. The number of nitrogens with two attached hydrogens (primary N) is 1. The van der Waals surface area contributed by atoms with Gasteiger partial charge in [-0.25, -0.2) is 22.2 Å². The summed E-state index contributed by atoms with van der Waals surface area (Å²) in [5, 5.41) is 7.65. The van der Waals surface area contributed by atoms with Crippen molar-refractivity contribution < 1.29 is 17.2 Å². The van der Waals surface area contributed by atoms with Crippen molar-refractivity contribution >= 4 is 25.4 Å². The van der Waals surface area contributed by atoms with Crippen LogP contribution in [-0.4, -0.2) is 13.4 Å². The van der Waals surface area contributed by atoms with Crippen molar-refractivity contribution in [1.29, 1.82) is 5.26 Å². The first-order valence-corrected chi connectivity index (χ1v) is 6.01. The molecule has 16 heavy (non-hydrogen) atoms. The summed E-state index contributed by atoms with van der Waals surface area (Å²) in [6.07, 6.45) is -3.09. The molecule has 0 bridgehead atoms. The van der Waals surface area contributed by atoms with Gasteiger partial charge in [-0.2, -0.15) is 5.26 Å². The summed E-state index contributed by atoms with van der Waals surface area (Å²) < 4.78 is 46.7. The lowest BCUT2D eigenvalue weighted by molar-refractivity contribution is 0.145. The van der Waals surface area contributed by atoms with E-state index in [2.05, 4.69) is 4.98 Å². The Hall–Kier alpha value is -1.46. The molecule has 9 heteroatoms. The number of nitrogens with zero attached hydrogens (tertiary/aromatic N) is 2. The molecule has 0 atom stereocenters. The van der Waals surface area contributed by atoms with E-state index in [1.807, 2.05) is 0 Å². The van der Waals surface area contributed by atoms with Gasteiger partial charge in [0.15, 0.2) is 5.03 Å². The number of nitriles is 1. The van der Waals surface area contributed by atoms with E-state index < -0.39 is 37.4 Å². The number of nitrogen functional groups attached to an aromatic ring is 1. The van der Waals surface area contributed by atoms with Crippen molar-refractivity contribution in [3.05, 3.63) is 17.3 Å². The lowest BCUT2D eigenvalue weighted by Gasteiger charge is -2.06. The number of aromatic nitrogens is 1. The molecule has 0 amide bonds. The predicted molar refractivity (Wildman–Crippen MR) is 51.4 cm³/mol. The Morgan fingerprint density at radius 2 is 2.12 bits per heavy atom. The average molecular weight is 268 g/mol. The minimum atomic E-state index is -4.32. The molecule has 0 radical (unpaired) electrons. The molecule has 0 aliphatic carbocycles. The summed E-state index contributed by atoms with van der Waals surface area (Å²) in [4.78, 5) is 3.10. The summed E-state index contributed by atoms with van der Waals surface area (Å²) in [5.41, 5.74) is 3.33. The molecular weight excluding hydrogens is 264 g/mol. The monoisotopic (exact) mass is 267 g/mol. The summed E-state index contributed by atoms with van der Waals surface area (Å²) in [6, 6.07) is 2.23. The Bertz CT molecular complexity index is 568. The van der Waals surface area contributed by atoms with Crippen LogP contribution in [0.25, 0.3) is 0 Å². The SMILES string of the molecule is N#Cc1cc(N)c(S(=O)(=O)Cl)nc1C(F)F. The second-order valence-corrected chi connectivity index (χ2v) is 5.15. The zero-order chi connectivity index (χ0) is 12.5. The van der Waals surface area contributed by atoms with E-state index in [1.54, 1.807) is 0 Å². The van der Waals surface area contributed by atoms with E-state index in [0.717, 1.165) is 6.07 Å². The Morgan fingerprint density at radius 3 is 2.50 bits per heavy atom. The number of anilines is 1. The third kappa shape index (κ3) is 2.37. The maximum Gasteiger partial charge on any atom is 0.281 e. The highest BCUT2D eigenvalue weighted by atomic mass is 35.7. The van der Waals surface area contributed by atoms with Gasteiger partial charge in [0.25, 0.3) is 15.5 Å². The summed E-state index contributed by atoms with van der Waals surface area (Å²) in [6.45, 7) is 0. The van der Waals surface area contributed by atoms with Crippen LogP contribution in [0.5, 0.6) is 0 Å². The molecule has 1 aromatic rings. The van der Waals surface area contributed by atoms with Gasteiger partial charge in [-0.3, -0.25) is 0 Å². The van der Waals surface area contributed by atoms with Gasteiger partial charge in [0.05, 0.1) is 11.3 Å². The van der Waals surface area contributed by atoms with Crippen LogP contribution in [0.15, 0.2) is 11.1 Å². The normalized spacial score (nSPS) is 11.4. The average Bonchev–Trinajstić information content (AvgIpc) is 2.14. The third-order valence-electron chi connectivity index (χ3n) is 1.60. The van der Waals surface area contributed by atoms with Crippen LogP contribution < -0.4 is 5.73 Å². The van der Waals surface area contributed by atoms with Gasteiger partial charge in [0, 0.05) is 10.7 Å². The van der Waals surface area contributed by atoms with Crippen molar-refractivity contribution in [3.63, 3.8) is 0 Å². The zero-order valence-electron chi connectivity index (χ0n) is 7.49. The molecule has 0 unspecified atom stereocenters. The Morgan fingerprint density at radius 1 is 1.56 bits per heavy atom. The highest BCUT2D eigenvalue weighted by Crippen LogP contribution is 2.27. The summed E-state index contributed by atoms with van der Waals surface area (Å²) >= 11 is 0. The van der Waals surface area contributed by atoms with E-state index in [-0.39, 0.29) is 0 Å². The van der Waals surface area contributed by atoms with Gasteiger partial charge in [-0.15, -0.1) is 0 Å². The minimum Gasteiger partial charge on any atom is -0.396 e. The molecule has 0 aromatic carbocycles. The van der Waals surface area contributed by atoms with E-state index in [0.29, 0.717) is 0 Å². The number of pyridine rings is 1. The maximum absolute atomic E-state index is 12.4. The fraction of sp³-hybridized carbons (Fsp3) is 0.143. The highest BCUT2D eigenvalue weighted by molar-refractivity contribution is 8.13. The zero-order valence-corrected chi connectivity index (χ0v) is 9.06. The molecule has 1 rings (SSSR count). The van der Waals surface area contributed by atoms with E-state index in [9.17, 15) is 17.2 Å². The largest absolute Gasteiger partial charge is 0.396 e. The van der Waals surface area contributed by atoms with Gasteiger partial charge >= 0.3 is 0 Å². The molecule has 0 saturated heterocycles. The molecule has 86 valence electrons. The molecule has 1 aromatic heterocycles. The quantitative estimate of drug-likeness (QED) is 0.817. The number of hydrogen-bond acceptors (Lipinski definition) is 5. The number of hydrogen-bond donors (Lipinski definition) is 1. The Kier molecular flexibility index (Phi) is 3.30. The standard InChI is InChI=1S/C7H4ClF2N3O2S/c8-16(14,15)7-4(12)1-3(2-11)5(13-7)6(9)10/h1,6H,12H2. The third-order valence-corrected chi connectivity index (χ3v) is 2.83. The molecule has 0 aliphatic heterocycles. The lowest BCUT2D eigenvalue weighted by atomic mass is 10.2. The maximum atomic E-state index is 12.4. The first kappa shape index (κ1) is 12.6. The van der Waals surface area contributed by atoms with Gasteiger partial charge in [0.1, 0.15) is 11.8 Å². The molecule has 2 N–H and O–H groups in total. The molecule has 0 spiro atoms. The van der Waals surface area contributed by atoms with Crippen LogP contribution in [-0.2, 0) is 9.05 Å². The van der Waals surface area contributed by atoms with Crippen molar-refractivity contribution in [1.82, 2.24) is 4.98 Å². The van der Waals surface area contributed by atoms with Crippen molar-refractivity contribution in [2.45, 2.75) is 11.5 Å². The second kappa shape index (κ2) is 4.19. The first-order valence-electron chi connectivity index (χ1n) is 3.70. The van der Waals surface area contributed by atoms with Crippen LogP contribution in [0, 0.1) is 11.3 Å². The molecule has 5 nitrogen and oxygen atoms in total. The fourth-order valence-electron chi connectivity index (χ4n) is 0.977. The molecule has 0 fully saturated rings. The number of rotatable bonds is 2. The van der Waals surface area contributed by atoms with Gasteiger partial charge in [-0.1, -0.05) is 0 Å². The van der Waals surface area contributed by atoms with Crippen molar-refractivity contribution in [2.75, 3.05) is 5.73 Å². The van der Waals surface area contributed by atoms with Gasteiger partial charge < -0.3 is 5.73 Å². The smallest absolute Gasteiger partial charge is 0.281 e. The van der Waals surface area contributed by atoms with Crippen LogP contribution in [0.1, 0.15) is 17.7 Å². The van der Waals surface area contributed by atoms with Crippen molar-refractivity contribution in [3.8, 4) is 6.07 Å². The van der Waals surface area contributed by atoms with Crippen LogP contribution >= 0.6 is 10.7 Å². The summed E-state index contributed by atoms with van der Waals surface area (Å²) in [7, 11) is 0.617. The molecule has 0 saturated carbocycles. The van der Waals surface area contributed by atoms with Gasteiger partial charge in [-0.05, 0) is 6.07 Å². The number of alkyl halides is 2.